The number of nitrogens with one attached hydrogen (secondary N) is 1. The summed E-state index contributed by atoms with van der Waals surface area (Å²) in [6.07, 6.45) is 0. The molecule has 3 aromatic rings. The quantitative estimate of drug-likeness (QED) is 0.730. The van der Waals surface area contributed by atoms with E-state index >= 15 is 0 Å². The highest BCUT2D eigenvalue weighted by atomic mass is 32.2. The zero-order valence-electron chi connectivity index (χ0n) is 13.4. The van der Waals surface area contributed by atoms with Crippen molar-refractivity contribution < 1.29 is 17.3 Å². The van der Waals surface area contributed by atoms with Crippen LogP contribution < -0.4 is 4.72 Å². The molecule has 0 aliphatic carbocycles. The second-order valence-corrected chi connectivity index (χ2v) is 7.31. The van der Waals surface area contributed by atoms with Crippen molar-refractivity contribution in [1.29, 1.82) is 0 Å². The van der Waals surface area contributed by atoms with E-state index in [0.29, 0.717) is 5.82 Å². The molecular formula is C17H16FN3O3S. The second-order valence-electron chi connectivity index (χ2n) is 5.50. The lowest BCUT2D eigenvalue weighted by Gasteiger charge is -2.05. The highest BCUT2D eigenvalue weighted by Gasteiger charge is 2.17. The van der Waals surface area contributed by atoms with E-state index in [1.165, 1.54) is 18.2 Å². The SMILES string of the molecule is Cc1ccccc1-c1noc(CNS(=O)(=O)Cc2ccccc2F)n1. The zero-order valence-corrected chi connectivity index (χ0v) is 14.3. The highest BCUT2D eigenvalue weighted by Crippen LogP contribution is 2.19. The van der Waals surface area contributed by atoms with Crippen LogP contribution in [0.4, 0.5) is 4.39 Å². The molecule has 0 fully saturated rings. The molecule has 1 heterocycles. The van der Waals surface area contributed by atoms with E-state index in [9.17, 15) is 12.8 Å². The van der Waals surface area contributed by atoms with Gasteiger partial charge in [0, 0.05) is 11.1 Å². The molecule has 0 saturated heterocycles. The topological polar surface area (TPSA) is 85.1 Å². The molecule has 0 aliphatic heterocycles. The maximum absolute atomic E-state index is 13.6. The van der Waals surface area contributed by atoms with Crippen molar-refractivity contribution in [2.45, 2.75) is 19.2 Å². The third-order valence-electron chi connectivity index (χ3n) is 3.60. The van der Waals surface area contributed by atoms with Gasteiger partial charge in [-0.1, -0.05) is 47.6 Å². The number of hydrogen-bond donors (Lipinski definition) is 1. The van der Waals surface area contributed by atoms with Crippen LogP contribution in [-0.2, 0) is 22.3 Å². The maximum Gasteiger partial charge on any atom is 0.242 e. The molecule has 0 bridgehead atoms. The van der Waals surface area contributed by atoms with Crippen molar-refractivity contribution >= 4 is 10.0 Å². The van der Waals surface area contributed by atoms with Gasteiger partial charge in [-0.2, -0.15) is 4.98 Å². The van der Waals surface area contributed by atoms with E-state index in [4.69, 9.17) is 4.52 Å². The van der Waals surface area contributed by atoms with Crippen LogP contribution in [0.15, 0.2) is 53.1 Å². The Morgan fingerprint density at radius 2 is 1.84 bits per heavy atom. The fraction of sp³-hybridized carbons (Fsp3) is 0.176. The molecule has 2 aromatic carbocycles. The summed E-state index contributed by atoms with van der Waals surface area (Å²) in [6, 6.07) is 13.3. The van der Waals surface area contributed by atoms with Crippen LogP contribution in [0.25, 0.3) is 11.4 Å². The predicted octanol–water partition coefficient (Wildman–Crippen LogP) is 2.80. The van der Waals surface area contributed by atoms with E-state index in [2.05, 4.69) is 14.9 Å². The number of sulfonamides is 1. The molecule has 0 atom stereocenters. The first-order valence-corrected chi connectivity index (χ1v) is 9.19. The number of rotatable bonds is 6. The van der Waals surface area contributed by atoms with Crippen LogP contribution >= 0.6 is 0 Å². The summed E-state index contributed by atoms with van der Waals surface area (Å²) in [6.45, 7) is 1.76. The molecule has 8 heteroatoms. The maximum atomic E-state index is 13.6. The highest BCUT2D eigenvalue weighted by molar-refractivity contribution is 7.88. The van der Waals surface area contributed by atoms with Gasteiger partial charge in [-0.15, -0.1) is 0 Å². The predicted molar refractivity (Wildman–Crippen MR) is 90.3 cm³/mol. The first-order valence-electron chi connectivity index (χ1n) is 7.54. The molecule has 0 spiro atoms. The molecule has 1 N–H and O–H groups in total. The van der Waals surface area contributed by atoms with E-state index in [1.54, 1.807) is 6.07 Å². The molecule has 0 amide bonds. The number of halogens is 1. The second kappa shape index (κ2) is 7.12. The minimum absolute atomic E-state index is 0.0983. The summed E-state index contributed by atoms with van der Waals surface area (Å²) >= 11 is 0. The zero-order chi connectivity index (χ0) is 17.9. The smallest absolute Gasteiger partial charge is 0.242 e. The Hall–Kier alpha value is -2.58. The van der Waals surface area contributed by atoms with Gasteiger partial charge < -0.3 is 4.52 Å². The van der Waals surface area contributed by atoms with Crippen LogP contribution in [0.1, 0.15) is 17.0 Å². The first kappa shape index (κ1) is 17.2. The van der Waals surface area contributed by atoms with Crippen LogP contribution in [0.5, 0.6) is 0 Å². The molecule has 6 nitrogen and oxygen atoms in total. The van der Waals surface area contributed by atoms with Crippen molar-refractivity contribution in [2.75, 3.05) is 0 Å². The van der Waals surface area contributed by atoms with Gasteiger partial charge >= 0.3 is 0 Å². The first-order chi connectivity index (χ1) is 11.9. The molecule has 25 heavy (non-hydrogen) atoms. The summed E-state index contributed by atoms with van der Waals surface area (Å²) in [5, 5.41) is 3.87. The Balaban J connectivity index is 1.68. The lowest BCUT2D eigenvalue weighted by Crippen LogP contribution is -2.25. The van der Waals surface area contributed by atoms with E-state index in [1.807, 2.05) is 31.2 Å². The lowest BCUT2D eigenvalue weighted by atomic mass is 10.1. The number of nitrogens with zero attached hydrogens (tertiary/aromatic N) is 2. The monoisotopic (exact) mass is 361 g/mol. The summed E-state index contributed by atoms with van der Waals surface area (Å²) in [5.74, 6) is -0.498. The molecule has 0 saturated carbocycles. The third kappa shape index (κ3) is 4.28. The Morgan fingerprint density at radius 1 is 1.12 bits per heavy atom. The summed E-state index contributed by atoms with van der Waals surface area (Å²) in [7, 11) is -3.74. The minimum Gasteiger partial charge on any atom is -0.338 e. The molecule has 0 radical (unpaired) electrons. The minimum atomic E-state index is -3.74. The lowest BCUT2D eigenvalue weighted by molar-refractivity contribution is 0.376. The van der Waals surface area contributed by atoms with E-state index < -0.39 is 21.6 Å². The van der Waals surface area contributed by atoms with Crippen molar-refractivity contribution in [3.63, 3.8) is 0 Å². The number of benzene rings is 2. The Morgan fingerprint density at radius 3 is 2.60 bits per heavy atom. The van der Waals surface area contributed by atoms with Gasteiger partial charge in [0.2, 0.25) is 21.7 Å². The fourth-order valence-electron chi connectivity index (χ4n) is 2.30. The van der Waals surface area contributed by atoms with Crippen LogP contribution in [0.3, 0.4) is 0 Å². The average Bonchev–Trinajstić information content (AvgIpc) is 3.04. The van der Waals surface area contributed by atoms with Crippen LogP contribution in [0, 0.1) is 12.7 Å². The van der Waals surface area contributed by atoms with Gasteiger partial charge in [-0.05, 0) is 18.6 Å². The molecule has 0 unspecified atom stereocenters. The standard InChI is InChI=1S/C17H16FN3O3S/c1-12-6-2-4-8-14(12)17-20-16(24-21-17)10-19-25(22,23)11-13-7-3-5-9-15(13)18/h2-9,19H,10-11H2,1H3. The molecule has 1 aromatic heterocycles. The van der Waals surface area contributed by atoms with Crippen LogP contribution in [-0.4, -0.2) is 18.6 Å². The van der Waals surface area contributed by atoms with Crippen LogP contribution in [0.2, 0.25) is 0 Å². The summed E-state index contributed by atoms with van der Waals surface area (Å²) in [4.78, 5) is 4.19. The molecular weight excluding hydrogens is 345 g/mol. The number of aromatic nitrogens is 2. The van der Waals surface area contributed by atoms with Gasteiger partial charge in [0.05, 0.1) is 12.3 Å². The van der Waals surface area contributed by atoms with Gasteiger partial charge in [0.15, 0.2) is 0 Å². The van der Waals surface area contributed by atoms with Crippen molar-refractivity contribution in [2.24, 2.45) is 0 Å². The molecule has 0 aliphatic rings. The van der Waals surface area contributed by atoms with E-state index in [-0.39, 0.29) is 18.0 Å². The number of hydrogen-bond acceptors (Lipinski definition) is 5. The summed E-state index contributed by atoms with van der Waals surface area (Å²) < 4.78 is 45.2. The normalized spacial score (nSPS) is 11.6. The largest absolute Gasteiger partial charge is 0.338 e. The molecule has 3 rings (SSSR count). The molecule has 130 valence electrons. The Bertz CT molecular complexity index is 986. The van der Waals surface area contributed by atoms with Crippen molar-refractivity contribution in [1.82, 2.24) is 14.9 Å². The third-order valence-corrected chi connectivity index (χ3v) is 4.88. The van der Waals surface area contributed by atoms with E-state index in [0.717, 1.165) is 11.1 Å². The summed E-state index contributed by atoms with van der Waals surface area (Å²) in [5.41, 5.74) is 1.89. The average molecular weight is 361 g/mol. The number of aryl methyl sites for hydroxylation is 1. The van der Waals surface area contributed by atoms with Gasteiger partial charge in [-0.25, -0.2) is 17.5 Å². The van der Waals surface area contributed by atoms with Gasteiger partial charge in [-0.3, -0.25) is 0 Å². The fourth-order valence-corrected chi connectivity index (χ4v) is 3.39. The van der Waals surface area contributed by atoms with Gasteiger partial charge in [0.25, 0.3) is 0 Å². The van der Waals surface area contributed by atoms with Crippen molar-refractivity contribution in [3.05, 3.63) is 71.4 Å². The Labute approximate surface area is 144 Å². The Kier molecular flexibility index (Phi) is 4.91. The van der Waals surface area contributed by atoms with Gasteiger partial charge in [0.1, 0.15) is 5.82 Å². The van der Waals surface area contributed by atoms with Crippen molar-refractivity contribution in [3.8, 4) is 11.4 Å².